The minimum Gasteiger partial charge on any atom is -0.464 e. The van der Waals surface area contributed by atoms with E-state index in [9.17, 15) is 0 Å². The largest absolute Gasteiger partial charge is 0.464 e. The molecule has 62 valence electrons. The van der Waals surface area contributed by atoms with E-state index in [4.69, 9.17) is 10.2 Å². The monoisotopic (exact) mass is 153 g/mol. The van der Waals surface area contributed by atoms with Crippen molar-refractivity contribution >= 4 is 0 Å². The predicted octanol–water partition coefficient (Wildman–Crippen LogP) is 2.42. The smallest absolute Gasteiger partial charge is 0.120 e. The highest BCUT2D eigenvalue weighted by molar-refractivity contribution is 5.11. The van der Waals surface area contributed by atoms with Gasteiger partial charge in [-0.1, -0.05) is 13.8 Å². The van der Waals surface area contributed by atoms with Crippen LogP contribution in [0.1, 0.15) is 44.3 Å². The van der Waals surface area contributed by atoms with Crippen molar-refractivity contribution in [2.45, 2.75) is 32.7 Å². The molecular formula is C9H15NO. The van der Waals surface area contributed by atoms with Crippen LogP contribution in [0.5, 0.6) is 0 Å². The lowest BCUT2D eigenvalue weighted by atomic mass is 10.2. The van der Waals surface area contributed by atoms with Crippen LogP contribution in [0.3, 0.4) is 0 Å². The van der Waals surface area contributed by atoms with Gasteiger partial charge in [-0.3, -0.25) is 0 Å². The third kappa shape index (κ3) is 1.84. The maximum absolute atomic E-state index is 5.63. The molecule has 1 rings (SSSR count). The van der Waals surface area contributed by atoms with Crippen molar-refractivity contribution in [3.63, 3.8) is 0 Å². The first-order valence-corrected chi connectivity index (χ1v) is 3.96. The Kier molecular flexibility index (Phi) is 2.35. The van der Waals surface area contributed by atoms with Crippen LogP contribution in [0.25, 0.3) is 0 Å². The van der Waals surface area contributed by atoms with Gasteiger partial charge in [0.1, 0.15) is 11.5 Å². The van der Waals surface area contributed by atoms with Gasteiger partial charge in [0.2, 0.25) is 0 Å². The van der Waals surface area contributed by atoms with E-state index in [1.807, 2.05) is 19.1 Å². The van der Waals surface area contributed by atoms with Gasteiger partial charge < -0.3 is 10.2 Å². The van der Waals surface area contributed by atoms with Gasteiger partial charge >= 0.3 is 0 Å². The Labute approximate surface area is 67.4 Å². The van der Waals surface area contributed by atoms with Crippen molar-refractivity contribution in [2.24, 2.45) is 5.73 Å². The van der Waals surface area contributed by atoms with E-state index in [-0.39, 0.29) is 6.04 Å². The average Bonchev–Trinajstić information content (AvgIpc) is 2.33. The van der Waals surface area contributed by atoms with E-state index in [1.54, 1.807) is 0 Å². The van der Waals surface area contributed by atoms with Crippen LogP contribution in [0.2, 0.25) is 0 Å². The van der Waals surface area contributed by atoms with Crippen LogP contribution < -0.4 is 5.73 Å². The van der Waals surface area contributed by atoms with E-state index >= 15 is 0 Å². The zero-order chi connectivity index (χ0) is 8.43. The second kappa shape index (κ2) is 3.09. The molecular weight excluding hydrogens is 138 g/mol. The summed E-state index contributed by atoms with van der Waals surface area (Å²) in [5.41, 5.74) is 5.63. The molecule has 0 bridgehead atoms. The Hall–Kier alpha value is -0.760. The first-order chi connectivity index (χ1) is 5.11. The maximum atomic E-state index is 5.63. The lowest BCUT2D eigenvalue weighted by Gasteiger charge is -2.01. The summed E-state index contributed by atoms with van der Waals surface area (Å²) in [6.07, 6.45) is 0. The molecule has 2 nitrogen and oxygen atoms in total. The predicted molar refractivity (Wildman–Crippen MR) is 45.4 cm³/mol. The highest BCUT2D eigenvalue weighted by atomic mass is 16.3. The molecule has 2 N–H and O–H groups in total. The lowest BCUT2D eigenvalue weighted by Crippen LogP contribution is -2.02. The molecule has 0 aliphatic carbocycles. The Bertz CT molecular complexity index is 203. The molecule has 1 aromatic heterocycles. The lowest BCUT2D eigenvalue weighted by molar-refractivity contribution is 0.427. The Morgan fingerprint density at radius 1 is 1.18 bits per heavy atom. The van der Waals surface area contributed by atoms with Gasteiger partial charge in [-0.05, 0) is 19.1 Å². The first-order valence-electron chi connectivity index (χ1n) is 3.96. The fourth-order valence-corrected chi connectivity index (χ4v) is 0.923. The topological polar surface area (TPSA) is 39.2 Å². The number of hydrogen-bond acceptors (Lipinski definition) is 2. The van der Waals surface area contributed by atoms with Crippen LogP contribution in [-0.2, 0) is 0 Å². The molecule has 0 aromatic carbocycles. The highest BCUT2D eigenvalue weighted by Crippen LogP contribution is 2.20. The Morgan fingerprint density at radius 3 is 2.00 bits per heavy atom. The van der Waals surface area contributed by atoms with Crippen molar-refractivity contribution < 1.29 is 4.42 Å². The summed E-state index contributed by atoms with van der Waals surface area (Å²) >= 11 is 0. The second-order valence-corrected chi connectivity index (χ2v) is 3.18. The van der Waals surface area contributed by atoms with Crippen LogP contribution >= 0.6 is 0 Å². The number of furan rings is 1. The molecule has 0 radical (unpaired) electrons. The summed E-state index contributed by atoms with van der Waals surface area (Å²) in [6, 6.07) is 3.94. The van der Waals surface area contributed by atoms with Crippen molar-refractivity contribution in [3.8, 4) is 0 Å². The van der Waals surface area contributed by atoms with Crippen LogP contribution in [0, 0.1) is 0 Å². The van der Waals surface area contributed by atoms with Crippen molar-refractivity contribution in [2.75, 3.05) is 0 Å². The van der Waals surface area contributed by atoms with Gasteiger partial charge in [-0.25, -0.2) is 0 Å². The molecule has 0 aliphatic heterocycles. The zero-order valence-electron chi connectivity index (χ0n) is 7.29. The average molecular weight is 153 g/mol. The van der Waals surface area contributed by atoms with Crippen molar-refractivity contribution in [1.82, 2.24) is 0 Å². The van der Waals surface area contributed by atoms with Crippen LogP contribution in [0.15, 0.2) is 16.5 Å². The molecule has 11 heavy (non-hydrogen) atoms. The molecule has 1 heterocycles. The van der Waals surface area contributed by atoms with E-state index in [1.165, 1.54) is 0 Å². The third-order valence-electron chi connectivity index (χ3n) is 1.67. The minimum absolute atomic E-state index is 0.00231. The van der Waals surface area contributed by atoms with Crippen molar-refractivity contribution in [3.05, 3.63) is 23.7 Å². The van der Waals surface area contributed by atoms with E-state index in [0.717, 1.165) is 11.5 Å². The van der Waals surface area contributed by atoms with Crippen molar-refractivity contribution in [1.29, 1.82) is 0 Å². The molecule has 1 unspecified atom stereocenters. The summed E-state index contributed by atoms with van der Waals surface area (Å²) in [5, 5.41) is 0. The fourth-order valence-electron chi connectivity index (χ4n) is 0.923. The van der Waals surface area contributed by atoms with Crippen LogP contribution in [0.4, 0.5) is 0 Å². The zero-order valence-corrected chi connectivity index (χ0v) is 7.29. The molecule has 0 amide bonds. The Balaban J connectivity index is 2.82. The fraction of sp³-hybridized carbons (Fsp3) is 0.556. The quantitative estimate of drug-likeness (QED) is 0.708. The first kappa shape index (κ1) is 8.34. The Morgan fingerprint density at radius 2 is 1.73 bits per heavy atom. The van der Waals surface area contributed by atoms with Gasteiger partial charge in [0.15, 0.2) is 0 Å². The summed E-state index contributed by atoms with van der Waals surface area (Å²) in [7, 11) is 0. The van der Waals surface area contributed by atoms with E-state index < -0.39 is 0 Å². The molecule has 0 spiro atoms. The molecule has 0 fully saturated rings. The summed E-state index contributed by atoms with van der Waals surface area (Å²) < 4.78 is 5.48. The molecule has 0 saturated carbocycles. The molecule has 1 atom stereocenters. The summed E-state index contributed by atoms with van der Waals surface area (Å²) in [6.45, 7) is 6.12. The van der Waals surface area contributed by atoms with Gasteiger partial charge in [0.05, 0.1) is 6.04 Å². The second-order valence-electron chi connectivity index (χ2n) is 3.18. The summed E-state index contributed by atoms with van der Waals surface area (Å²) in [5.74, 6) is 2.33. The standard InChI is InChI=1S/C9H15NO/c1-6(2)8-4-5-9(11-8)7(3)10/h4-7H,10H2,1-3H3. The highest BCUT2D eigenvalue weighted by Gasteiger charge is 2.07. The van der Waals surface area contributed by atoms with E-state index in [0.29, 0.717) is 5.92 Å². The molecule has 0 saturated heterocycles. The van der Waals surface area contributed by atoms with Crippen LogP contribution in [-0.4, -0.2) is 0 Å². The normalized spacial score (nSPS) is 13.9. The molecule has 0 aliphatic rings. The van der Waals surface area contributed by atoms with Gasteiger partial charge in [0, 0.05) is 5.92 Å². The summed E-state index contributed by atoms with van der Waals surface area (Å²) in [4.78, 5) is 0. The number of rotatable bonds is 2. The van der Waals surface area contributed by atoms with E-state index in [2.05, 4.69) is 13.8 Å². The molecule has 1 aromatic rings. The van der Waals surface area contributed by atoms with Gasteiger partial charge in [0.25, 0.3) is 0 Å². The SMILES string of the molecule is CC(C)c1ccc(C(C)N)o1. The molecule has 2 heteroatoms. The number of hydrogen-bond donors (Lipinski definition) is 1. The van der Waals surface area contributed by atoms with Gasteiger partial charge in [-0.15, -0.1) is 0 Å². The number of nitrogens with two attached hydrogens (primary N) is 1. The minimum atomic E-state index is 0.00231. The maximum Gasteiger partial charge on any atom is 0.120 e. The third-order valence-corrected chi connectivity index (χ3v) is 1.67. The van der Waals surface area contributed by atoms with Gasteiger partial charge in [-0.2, -0.15) is 0 Å².